The van der Waals surface area contributed by atoms with Crippen molar-refractivity contribution in [3.8, 4) is 0 Å². The molecule has 2 aliphatic rings. The first-order chi connectivity index (χ1) is 13.7. The van der Waals surface area contributed by atoms with Gasteiger partial charge < -0.3 is 20.1 Å². The molecule has 0 radical (unpaired) electrons. The van der Waals surface area contributed by atoms with Crippen molar-refractivity contribution in [3.63, 3.8) is 0 Å². The molecule has 0 bridgehead atoms. The Labute approximate surface area is 200 Å². The van der Waals surface area contributed by atoms with Crippen molar-refractivity contribution in [2.45, 2.75) is 30.6 Å². The van der Waals surface area contributed by atoms with Crippen molar-refractivity contribution in [3.05, 3.63) is 21.9 Å². The van der Waals surface area contributed by atoms with Crippen LogP contribution in [0.15, 0.2) is 17.1 Å². The van der Waals surface area contributed by atoms with Crippen molar-refractivity contribution in [2.75, 3.05) is 65.9 Å². The van der Waals surface area contributed by atoms with E-state index in [1.165, 1.54) is 9.75 Å². The Balaban J connectivity index is 0.00000300. The van der Waals surface area contributed by atoms with Gasteiger partial charge in [-0.05, 0) is 38.2 Å². The second kappa shape index (κ2) is 12.7. The second-order valence-electron chi connectivity index (χ2n) is 7.42. The van der Waals surface area contributed by atoms with Gasteiger partial charge >= 0.3 is 0 Å². The van der Waals surface area contributed by atoms with E-state index < -0.39 is 0 Å². The predicted octanol–water partition coefficient (Wildman–Crippen LogP) is 3.13. The minimum absolute atomic E-state index is 0. The molecule has 0 spiro atoms. The van der Waals surface area contributed by atoms with Gasteiger partial charge in [0, 0.05) is 60.9 Å². The summed E-state index contributed by atoms with van der Waals surface area (Å²) in [6, 6.07) is 4.83. The van der Waals surface area contributed by atoms with E-state index in [0.717, 1.165) is 71.4 Å². The number of nitrogens with zero attached hydrogens (tertiary/aromatic N) is 2. The summed E-state index contributed by atoms with van der Waals surface area (Å²) in [7, 11) is 1.85. The van der Waals surface area contributed by atoms with Gasteiger partial charge in [-0.15, -0.1) is 35.3 Å². The molecule has 6 nitrogen and oxygen atoms in total. The van der Waals surface area contributed by atoms with Crippen LogP contribution < -0.4 is 10.6 Å². The van der Waals surface area contributed by atoms with Crippen molar-refractivity contribution >= 4 is 53.0 Å². The summed E-state index contributed by atoms with van der Waals surface area (Å²) in [6.45, 7) is 9.21. The van der Waals surface area contributed by atoms with E-state index >= 15 is 0 Å². The second-order valence-corrected chi connectivity index (χ2v) is 10.0. The summed E-state index contributed by atoms with van der Waals surface area (Å²) < 4.78 is 11.4. The maximum Gasteiger partial charge on any atom is 0.191 e. The fourth-order valence-corrected chi connectivity index (χ4v) is 5.59. The highest BCUT2D eigenvalue weighted by Crippen LogP contribution is 2.33. The quantitative estimate of drug-likeness (QED) is 0.307. The molecule has 1 aromatic heterocycles. The standard InChI is InChI=1S/C20H34N4O2S2.HI/c1-16-4-5-18(28-16)17(24-8-12-26-13-9-24)14-22-19(21-2)23-15-20(27-3)6-10-25-11-7-20;/h4-5,17H,6-15H2,1-3H3,(H2,21,22,23);1H. The lowest BCUT2D eigenvalue weighted by Gasteiger charge is -2.37. The van der Waals surface area contributed by atoms with E-state index in [1.807, 2.05) is 30.1 Å². The van der Waals surface area contributed by atoms with Crippen LogP contribution >= 0.6 is 47.1 Å². The molecule has 1 unspecified atom stereocenters. The number of ether oxygens (including phenoxy) is 2. The summed E-state index contributed by atoms with van der Waals surface area (Å²) in [5, 5.41) is 7.15. The molecule has 3 rings (SSSR count). The molecule has 0 aliphatic carbocycles. The number of morpholine rings is 1. The molecule has 1 aromatic rings. The van der Waals surface area contributed by atoms with Crippen LogP contribution in [-0.4, -0.2) is 81.5 Å². The summed E-state index contributed by atoms with van der Waals surface area (Å²) in [4.78, 5) is 9.76. The highest BCUT2D eigenvalue weighted by Gasteiger charge is 2.32. The average molecular weight is 555 g/mol. The highest BCUT2D eigenvalue weighted by atomic mass is 127. The van der Waals surface area contributed by atoms with Gasteiger partial charge in [0.1, 0.15) is 0 Å². The molecule has 2 N–H and O–H groups in total. The maximum absolute atomic E-state index is 5.56. The van der Waals surface area contributed by atoms with Crippen LogP contribution in [0.4, 0.5) is 0 Å². The predicted molar refractivity (Wildman–Crippen MR) is 135 cm³/mol. The van der Waals surface area contributed by atoms with Crippen LogP contribution in [0, 0.1) is 6.92 Å². The zero-order chi connectivity index (χ0) is 19.8. The van der Waals surface area contributed by atoms with Gasteiger partial charge in [-0.2, -0.15) is 11.8 Å². The number of nitrogens with one attached hydrogen (secondary N) is 2. The van der Waals surface area contributed by atoms with E-state index in [9.17, 15) is 0 Å². The Morgan fingerprint density at radius 1 is 1.21 bits per heavy atom. The first-order valence-corrected chi connectivity index (χ1v) is 12.2. The fraction of sp³-hybridized carbons (Fsp3) is 0.750. The smallest absolute Gasteiger partial charge is 0.191 e. The van der Waals surface area contributed by atoms with Gasteiger partial charge in [0.2, 0.25) is 0 Å². The number of thiophene rings is 1. The number of thioether (sulfide) groups is 1. The first kappa shape index (κ1) is 25.2. The van der Waals surface area contributed by atoms with Gasteiger partial charge in [0.25, 0.3) is 0 Å². The van der Waals surface area contributed by atoms with Crippen molar-refractivity contribution < 1.29 is 9.47 Å². The average Bonchev–Trinajstić information content (AvgIpc) is 3.18. The number of halogens is 1. The molecular weight excluding hydrogens is 519 g/mol. The molecule has 2 fully saturated rings. The summed E-state index contributed by atoms with van der Waals surface area (Å²) in [6.07, 6.45) is 4.38. The van der Waals surface area contributed by atoms with Crippen LogP contribution in [0.3, 0.4) is 0 Å². The SMILES string of the molecule is CN=C(NCC(c1ccc(C)s1)N1CCOCC1)NCC1(SC)CCOCC1.I. The van der Waals surface area contributed by atoms with Crippen LogP contribution in [0.5, 0.6) is 0 Å². The fourth-order valence-electron chi connectivity index (χ4n) is 3.79. The molecule has 2 aliphatic heterocycles. The van der Waals surface area contributed by atoms with Gasteiger partial charge in [-0.25, -0.2) is 0 Å². The number of guanidine groups is 1. The van der Waals surface area contributed by atoms with E-state index in [1.54, 1.807) is 0 Å². The topological polar surface area (TPSA) is 58.1 Å². The molecule has 3 heterocycles. The van der Waals surface area contributed by atoms with Gasteiger partial charge in [-0.1, -0.05) is 0 Å². The van der Waals surface area contributed by atoms with Crippen molar-refractivity contribution in [1.82, 2.24) is 15.5 Å². The minimum Gasteiger partial charge on any atom is -0.381 e. The first-order valence-electron chi connectivity index (χ1n) is 10.1. The van der Waals surface area contributed by atoms with E-state index in [-0.39, 0.29) is 28.7 Å². The zero-order valence-electron chi connectivity index (χ0n) is 17.7. The molecule has 0 amide bonds. The lowest BCUT2D eigenvalue weighted by molar-refractivity contribution is 0.0177. The highest BCUT2D eigenvalue weighted by molar-refractivity contribution is 14.0. The van der Waals surface area contributed by atoms with E-state index in [0.29, 0.717) is 6.04 Å². The molecule has 0 saturated carbocycles. The normalized spacial score (nSPS) is 21.3. The van der Waals surface area contributed by atoms with Crippen molar-refractivity contribution in [2.24, 2.45) is 4.99 Å². The van der Waals surface area contributed by atoms with Crippen LogP contribution in [-0.2, 0) is 9.47 Å². The van der Waals surface area contributed by atoms with E-state index in [2.05, 4.69) is 45.8 Å². The Hall–Kier alpha value is -0.0700. The van der Waals surface area contributed by atoms with Crippen molar-refractivity contribution in [1.29, 1.82) is 0 Å². The number of rotatable bonds is 7. The Kier molecular flexibility index (Phi) is 11.0. The third kappa shape index (κ3) is 7.24. The van der Waals surface area contributed by atoms with Gasteiger partial charge in [0.05, 0.1) is 19.3 Å². The Bertz CT molecular complexity index is 632. The molecule has 166 valence electrons. The Morgan fingerprint density at radius 3 is 2.48 bits per heavy atom. The van der Waals surface area contributed by atoms with Crippen LogP contribution in [0.25, 0.3) is 0 Å². The molecule has 9 heteroatoms. The third-order valence-electron chi connectivity index (χ3n) is 5.68. The zero-order valence-corrected chi connectivity index (χ0v) is 21.7. The lowest BCUT2D eigenvalue weighted by atomic mass is 9.99. The molecule has 29 heavy (non-hydrogen) atoms. The maximum atomic E-state index is 5.56. The third-order valence-corrected chi connectivity index (χ3v) is 8.20. The summed E-state index contributed by atoms with van der Waals surface area (Å²) in [5.74, 6) is 0.881. The number of hydrogen-bond acceptors (Lipinski definition) is 6. The largest absolute Gasteiger partial charge is 0.381 e. The molecule has 1 atom stereocenters. The molecular formula is C20H35IN4O2S2. The summed E-state index contributed by atoms with van der Waals surface area (Å²) in [5.41, 5.74) is 0. The number of aliphatic imine (C=N–C) groups is 1. The minimum atomic E-state index is 0. The molecule has 0 aromatic carbocycles. The van der Waals surface area contributed by atoms with E-state index in [4.69, 9.17) is 9.47 Å². The monoisotopic (exact) mass is 554 g/mol. The Morgan fingerprint density at radius 2 is 1.90 bits per heavy atom. The number of hydrogen-bond donors (Lipinski definition) is 2. The lowest BCUT2D eigenvalue weighted by Crippen LogP contribution is -2.50. The summed E-state index contributed by atoms with van der Waals surface area (Å²) >= 11 is 3.83. The van der Waals surface area contributed by atoms with Crippen LogP contribution in [0.2, 0.25) is 0 Å². The number of aryl methyl sites for hydroxylation is 1. The molecule has 2 saturated heterocycles. The van der Waals surface area contributed by atoms with Gasteiger partial charge in [-0.3, -0.25) is 9.89 Å². The van der Waals surface area contributed by atoms with Crippen LogP contribution in [0.1, 0.15) is 28.6 Å². The van der Waals surface area contributed by atoms with Gasteiger partial charge in [0.15, 0.2) is 5.96 Å².